The molecule has 2 fully saturated rings. The van der Waals surface area contributed by atoms with Crippen LogP contribution in [0.2, 0.25) is 0 Å². The number of carbonyl (C=O) groups is 3. The number of hydrogen-bond acceptors (Lipinski definition) is 5. The molecule has 1 atom stereocenters. The minimum atomic E-state index is -0.386. The summed E-state index contributed by atoms with van der Waals surface area (Å²) in [6.45, 7) is 1.30. The van der Waals surface area contributed by atoms with Crippen molar-refractivity contribution < 1.29 is 23.5 Å². The van der Waals surface area contributed by atoms with Crippen LogP contribution >= 0.6 is 11.3 Å². The molecule has 31 heavy (non-hydrogen) atoms. The highest BCUT2D eigenvalue weighted by molar-refractivity contribution is 7.10. The fraction of sp³-hybridized carbons (Fsp3) is 0.435. The Hall–Kier alpha value is -2.74. The van der Waals surface area contributed by atoms with E-state index in [4.69, 9.17) is 4.74 Å². The lowest BCUT2D eigenvalue weighted by Crippen LogP contribution is -2.41. The number of amides is 2. The molecule has 2 saturated heterocycles. The number of thiophene rings is 1. The summed E-state index contributed by atoms with van der Waals surface area (Å²) in [6.07, 6.45) is 2.85. The quantitative estimate of drug-likeness (QED) is 0.661. The first-order valence-electron chi connectivity index (χ1n) is 10.6. The van der Waals surface area contributed by atoms with E-state index in [0.29, 0.717) is 38.0 Å². The highest BCUT2D eigenvalue weighted by atomic mass is 32.1. The van der Waals surface area contributed by atoms with E-state index in [1.54, 1.807) is 16.2 Å². The molecule has 2 aromatic rings. The Balaban J connectivity index is 1.24. The number of benzene rings is 1. The van der Waals surface area contributed by atoms with E-state index >= 15 is 0 Å². The fourth-order valence-corrected chi connectivity index (χ4v) is 5.14. The maximum atomic E-state index is 13.1. The van der Waals surface area contributed by atoms with Crippen LogP contribution in [0, 0.1) is 11.7 Å². The summed E-state index contributed by atoms with van der Waals surface area (Å²) >= 11 is 1.64. The third-order valence-corrected chi connectivity index (χ3v) is 6.96. The highest BCUT2D eigenvalue weighted by Crippen LogP contribution is 2.34. The van der Waals surface area contributed by atoms with E-state index in [0.717, 1.165) is 17.7 Å². The van der Waals surface area contributed by atoms with Gasteiger partial charge in [0.2, 0.25) is 0 Å². The topological polar surface area (TPSA) is 66.9 Å². The Morgan fingerprint density at radius 2 is 1.77 bits per heavy atom. The highest BCUT2D eigenvalue weighted by Gasteiger charge is 2.33. The number of likely N-dealkylation sites (tertiary alicyclic amines) is 2. The molecule has 0 radical (unpaired) electrons. The average Bonchev–Trinajstić information content (AvgIpc) is 3.49. The van der Waals surface area contributed by atoms with Crippen LogP contribution in [0.4, 0.5) is 4.39 Å². The molecular weight excluding hydrogens is 419 g/mol. The van der Waals surface area contributed by atoms with Gasteiger partial charge in [0.1, 0.15) is 5.82 Å². The predicted octanol–water partition coefficient (Wildman–Crippen LogP) is 3.65. The van der Waals surface area contributed by atoms with Crippen molar-refractivity contribution in [3.8, 4) is 0 Å². The summed E-state index contributed by atoms with van der Waals surface area (Å²) in [4.78, 5) is 42.3. The minimum Gasteiger partial charge on any atom is -0.455 e. The van der Waals surface area contributed by atoms with Crippen molar-refractivity contribution >= 4 is 29.1 Å². The second-order valence-electron chi connectivity index (χ2n) is 7.94. The zero-order chi connectivity index (χ0) is 21.8. The second kappa shape index (κ2) is 9.60. The van der Waals surface area contributed by atoms with Crippen molar-refractivity contribution in [1.29, 1.82) is 0 Å². The molecule has 1 unspecified atom stereocenters. The second-order valence-corrected chi connectivity index (χ2v) is 8.92. The van der Waals surface area contributed by atoms with E-state index in [1.165, 1.54) is 24.3 Å². The standard InChI is InChI=1S/C23H25FN2O4S/c24-18-7-5-16(6-8-18)22(28)25-12-9-17(10-13-25)23(29)30-15-21(27)26-11-1-3-19(26)20-4-2-14-31-20/h2,4-8,14,17,19H,1,3,9-13,15H2. The number of piperidine rings is 1. The average molecular weight is 445 g/mol. The van der Waals surface area contributed by atoms with Gasteiger partial charge in [0.25, 0.3) is 11.8 Å². The number of carbonyl (C=O) groups excluding carboxylic acids is 3. The maximum Gasteiger partial charge on any atom is 0.309 e. The molecule has 2 amide bonds. The van der Waals surface area contributed by atoms with Crippen molar-refractivity contribution in [2.45, 2.75) is 31.7 Å². The molecule has 8 heteroatoms. The van der Waals surface area contributed by atoms with Gasteiger partial charge in [-0.2, -0.15) is 0 Å². The SMILES string of the molecule is O=C(OCC(=O)N1CCCC1c1cccs1)C1CCN(C(=O)c2ccc(F)cc2)CC1. The van der Waals surface area contributed by atoms with Gasteiger partial charge in [0.15, 0.2) is 6.61 Å². The monoisotopic (exact) mass is 444 g/mol. The first-order chi connectivity index (χ1) is 15.0. The molecular formula is C23H25FN2O4S. The van der Waals surface area contributed by atoms with E-state index in [-0.39, 0.29) is 42.2 Å². The van der Waals surface area contributed by atoms with E-state index in [1.807, 2.05) is 22.4 Å². The fourth-order valence-electron chi connectivity index (χ4n) is 4.27. The molecule has 6 nitrogen and oxygen atoms in total. The minimum absolute atomic E-state index is 0.0758. The predicted molar refractivity (Wildman–Crippen MR) is 114 cm³/mol. The summed E-state index contributed by atoms with van der Waals surface area (Å²) < 4.78 is 18.4. The zero-order valence-corrected chi connectivity index (χ0v) is 18.0. The molecule has 1 aromatic carbocycles. The van der Waals surface area contributed by atoms with Crippen molar-refractivity contribution in [1.82, 2.24) is 9.80 Å². The summed E-state index contributed by atoms with van der Waals surface area (Å²) in [5.74, 6) is -1.42. The maximum absolute atomic E-state index is 13.1. The molecule has 0 N–H and O–H groups in total. The van der Waals surface area contributed by atoms with Gasteiger partial charge in [-0.1, -0.05) is 6.07 Å². The van der Waals surface area contributed by atoms with Gasteiger partial charge < -0.3 is 14.5 Å². The number of hydrogen-bond donors (Lipinski definition) is 0. The number of esters is 1. The summed E-state index contributed by atoms with van der Waals surface area (Å²) in [5, 5.41) is 2.00. The van der Waals surface area contributed by atoms with Crippen LogP contribution in [0.15, 0.2) is 41.8 Å². The number of nitrogens with zero attached hydrogens (tertiary/aromatic N) is 2. The Bertz CT molecular complexity index is 924. The van der Waals surface area contributed by atoms with Gasteiger partial charge >= 0.3 is 5.97 Å². The van der Waals surface area contributed by atoms with E-state index < -0.39 is 0 Å². The molecule has 2 aliphatic heterocycles. The molecule has 3 heterocycles. The Morgan fingerprint density at radius 3 is 2.45 bits per heavy atom. The van der Waals surface area contributed by atoms with Gasteiger partial charge in [-0.3, -0.25) is 14.4 Å². The van der Waals surface area contributed by atoms with Gasteiger partial charge in [-0.25, -0.2) is 4.39 Å². The zero-order valence-electron chi connectivity index (χ0n) is 17.2. The van der Waals surface area contributed by atoms with Gasteiger partial charge in [0, 0.05) is 30.1 Å². The molecule has 2 aliphatic rings. The van der Waals surface area contributed by atoms with Crippen LogP contribution in [0.5, 0.6) is 0 Å². The molecule has 0 bridgehead atoms. The van der Waals surface area contributed by atoms with Crippen molar-refractivity contribution in [3.05, 3.63) is 58.0 Å². The Morgan fingerprint density at radius 1 is 1.03 bits per heavy atom. The molecule has 164 valence electrons. The Labute approximate surface area is 184 Å². The molecule has 1 aromatic heterocycles. The van der Waals surface area contributed by atoms with E-state index in [9.17, 15) is 18.8 Å². The lowest BCUT2D eigenvalue weighted by molar-refractivity contribution is -0.157. The van der Waals surface area contributed by atoms with Crippen LogP contribution in [0.25, 0.3) is 0 Å². The summed E-state index contributed by atoms with van der Waals surface area (Å²) in [5.41, 5.74) is 0.430. The third-order valence-electron chi connectivity index (χ3n) is 5.99. The normalized spacial score (nSPS) is 19.5. The van der Waals surface area contributed by atoms with Crippen LogP contribution < -0.4 is 0 Å². The van der Waals surface area contributed by atoms with Crippen molar-refractivity contribution in [3.63, 3.8) is 0 Å². The number of rotatable bonds is 5. The molecule has 4 rings (SSSR count). The van der Waals surface area contributed by atoms with Crippen LogP contribution in [-0.4, -0.2) is 53.8 Å². The largest absolute Gasteiger partial charge is 0.455 e. The van der Waals surface area contributed by atoms with Crippen LogP contribution in [0.3, 0.4) is 0 Å². The number of ether oxygens (including phenoxy) is 1. The molecule has 0 saturated carbocycles. The lowest BCUT2D eigenvalue weighted by Gasteiger charge is -2.31. The summed E-state index contributed by atoms with van der Waals surface area (Å²) in [6, 6.07) is 9.54. The molecule has 0 spiro atoms. The van der Waals surface area contributed by atoms with Gasteiger partial charge in [0.05, 0.1) is 12.0 Å². The van der Waals surface area contributed by atoms with Gasteiger partial charge in [-0.05, 0) is 61.4 Å². The van der Waals surface area contributed by atoms with Crippen LogP contribution in [-0.2, 0) is 14.3 Å². The smallest absolute Gasteiger partial charge is 0.309 e. The van der Waals surface area contributed by atoms with Crippen LogP contribution in [0.1, 0.15) is 47.0 Å². The first kappa shape index (κ1) is 21.5. The molecule has 0 aliphatic carbocycles. The van der Waals surface area contributed by atoms with Crippen molar-refractivity contribution in [2.75, 3.05) is 26.2 Å². The van der Waals surface area contributed by atoms with Crippen molar-refractivity contribution in [2.24, 2.45) is 5.92 Å². The van der Waals surface area contributed by atoms with E-state index in [2.05, 4.69) is 0 Å². The Kier molecular flexibility index (Phi) is 6.65. The third kappa shape index (κ3) is 4.95. The summed E-state index contributed by atoms with van der Waals surface area (Å²) in [7, 11) is 0. The van der Waals surface area contributed by atoms with Gasteiger partial charge in [-0.15, -0.1) is 11.3 Å². The lowest BCUT2D eigenvalue weighted by atomic mass is 9.96. The number of halogens is 1. The first-order valence-corrected chi connectivity index (χ1v) is 11.5.